The van der Waals surface area contributed by atoms with E-state index in [1.54, 1.807) is 6.08 Å². The molecule has 0 amide bonds. The summed E-state index contributed by atoms with van der Waals surface area (Å²) < 4.78 is 0. The Morgan fingerprint density at radius 2 is 1.52 bits per heavy atom. The molecule has 1 N–H and O–H groups in total. The smallest absolute Gasteiger partial charge is 0.224 e. The number of allylic oxidation sites excluding steroid dienone is 3. The Labute approximate surface area is 124 Å². The fraction of sp³-hybridized carbons (Fsp3) is 0.105. The third-order valence-electron chi connectivity index (χ3n) is 3.86. The van der Waals surface area contributed by atoms with Crippen molar-refractivity contribution in [3.05, 3.63) is 89.2 Å². The lowest BCUT2D eigenvalue weighted by Crippen LogP contribution is -2.04. The summed E-state index contributed by atoms with van der Waals surface area (Å²) in [7, 11) is 0. The highest BCUT2D eigenvalue weighted by Crippen LogP contribution is 2.45. The van der Waals surface area contributed by atoms with E-state index in [0.717, 1.165) is 11.1 Å². The summed E-state index contributed by atoms with van der Waals surface area (Å²) in [5, 5.41) is 10.3. The highest BCUT2D eigenvalue weighted by molar-refractivity contribution is 6.19. The first-order valence-corrected chi connectivity index (χ1v) is 6.98. The van der Waals surface area contributed by atoms with Crippen LogP contribution in [0.25, 0.3) is 5.57 Å². The molecule has 0 saturated carbocycles. The van der Waals surface area contributed by atoms with Gasteiger partial charge in [-0.3, -0.25) is 4.79 Å². The molecule has 104 valence electrons. The summed E-state index contributed by atoms with van der Waals surface area (Å²) in [5.41, 5.74) is 3.23. The maximum atomic E-state index is 12.3. The standard InChI is InChI=1S/C19H16O2/c1-2-15-16(13-9-5-3-6-10-13)17(19(21)18(15)20)14-11-7-4-8-12-14/h2-12,16,21H,1H3/b15-2+. The third kappa shape index (κ3) is 2.19. The van der Waals surface area contributed by atoms with Crippen LogP contribution in [-0.4, -0.2) is 10.9 Å². The van der Waals surface area contributed by atoms with Crippen LogP contribution in [-0.2, 0) is 4.79 Å². The van der Waals surface area contributed by atoms with Gasteiger partial charge < -0.3 is 5.11 Å². The first-order chi connectivity index (χ1) is 10.2. The number of Topliss-reactive ketones (excluding diaryl/α,β-unsaturated/α-hetero) is 1. The van der Waals surface area contributed by atoms with Crippen molar-refractivity contribution >= 4 is 11.4 Å². The Kier molecular flexibility index (Phi) is 3.44. The Morgan fingerprint density at radius 3 is 2.10 bits per heavy atom. The normalized spacial score (nSPS) is 20.3. The molecule has 1 unspecified atom stereocenters. The van der Waals surface area contributed by atoms with Gasteiger partial charge in [0.15, 0.2) is 5.76 Å². The molecule has 2 aromatic rings. The minimum absolute atomic E-state index is 0.136. The van der Waals surface area contributed by atoms with E-state index in [4.69, 9.17) is 0 Å². The van der Waals surface area contributed by atoms with Crippen molar-refractivity contribution in [3.8, 4) is 0 Å². The lowest BCUT2D eigenvalue weighted by atomic mass is 9.85. The zero-order valence-corrected chi connectivity index (χ0v) is 11.8. The van der Waals surface area contributed by atoms with Gasteiger partial charge in [-0.05, 0) is 18.1 Å². The number of rotatable bonds is 2. The maximum absolute atomic E-state index is 12.3. The number of hydrogen-bond donors (Lipinski definition) is 1. The van der Waals surface area contributed by atoms with E-state index in [-0.39, 0.29) is 17.5 Å². The van der Waals surface area contributed by atoms with Gasteiger partial charge in [0.25, 0.3) is 0 Å². The summed E-state index contributed by atoms with van der Waals surface area (Å²) in [6, 6.07) is 19.4. The Hall–Kier alpha value is -2.61. The summed E-state index contributed by atoms with van der Waals surface area (Å²) in [4.78, 5) is 12.3. The lowest BCUT2D eigenvalue weighted by molar-refractivity contribution is -0.114. The van der Waals surface area contributed by atoms with Crippen molar-refractivity contribution in [1.29, 1.82) is 0 Å². The number of hydrogen-bond acceptors (Lipinski definition) is 2. The molecule has 1 atom stereocenters. The molecule has 0 aliphatic heterocycles. The Balaban J connectivity index is 2.21. The molecule has 0 heterocycles. The van der Waals surface area contributed by atoms with Crippen molar-refractivity contribution in [2.24, 2.45) is 0 Å². The van der Waals surface area contributed by atoms with Gasteiger partial charge in [0.2, 0.25) is 5.78 Å². The van der Waals surface area contributed by atoms with Crippen LogP contribution in [0.3, 0.4) is 0 Å². The molecule has 0 fully saturated rings. The topological polar surface area (TPSA) is 37.3 Å². The van der Waals surface area contributed by atoms with Gasteiger partial charge in [-0.25, -0.2) is 0 Å². The number of benzene rings is 2. The van der Waals surface area contributed by atoms with Crippen LogP contribution in [0.15, 0.2) is 78.1 Å². The number of aliphatic hydroxyl groups is 1. The molecule has 2 aromatic carbocycles. The van der Waals surface area contributed by atoms with E-state index >= 15 is 0 Å². The van der Waals surface area contributed by atoms with E-state index in [9.17, 15) is 9.90 Å². The van der Waals surface area contributed by atoms with Gasteiger partial charge in [-0.1, -0.05) is 66.7 Å². The molecule has 0 bridgehead atoms. The van der Waals surface area contributed by atoms with Gasteiger partial charge >= 0.3 is 0 Å². The van der Waals surface area contributed by atoms with E-state index in [0.29, 0.717) is 11.1 Å². The van der Waals surface area contributed by atoms with Crippen LogP contribution in [0, 0.1) is 0 Å². The molecular weight excluding hydrogens is 260 g/mol. The zero-order chi connectivity index (χ0) is 14.8. The predicted octanol–water partition coefficient (Wildman–Crippen LogP) is 4.27. The highest BCUT2D eigenvalue weighted by atomic mass is 16.3. The average molecular weight is 276 g/mol. The molecule has 1 aliphatic rings. The minimum Gasteiger partial charge on any atom is -0.504 e. The fourth-order valence-electron chi connectivity index (χ4n) is 2.89. The van der Waals surface area contributed by atoms with Gasteiger partial charge in [-0.2, -0.15) is 0 Å². The molecule has 0 spiro atoms. The highest BCUT2D eigenvalue weighted by Gasteiger charge is 2.38. The first-order valence-electron chi connectivity index (χ1n) is 6.98. The largest absolute Gasteiger partial charge is 0.504 e. The molecule has 1 aliphatic carbocycles. The summed E-state index contributed by atoms with van der Waals surface area (Å²) in [5.74, 6) is -0.612. The Morgan fingerprint density at radius 1 is 0.952 bits per heavy atom. The van der Waals surface area contributed by atoms with Gasteiger partial charge in [0, 0.05) is 17.1 Å². The number of aliphatic hydroxyl groups excluding tert-OH is 1. The van der Waals surface area contributed by atoms with E-state index in [1.165, 1.54) is 0 Å². The van der Waals surface area contributed by atoms with Gasteiger partial charge in [0.05, 0.1) is 0 Å². The van der Waals surface area contributed by atoms with Crippen molar-refractivity contribution in [2.75, 3.05) is 0 Å². The van der Waals surface area contributed by atoms with Crippen LogP contribution in [0.4, 0.5) is 0 Å². The van der Waals surface area contributed by atoms with Crippen molar-refractivity contribution in [3.63, 3.8) is 0 Å². The van der Waals surface area contributed by atoms with E-state index < -0.39 is 0 Å². The van der Waals surface area contributed by atoms with Crippen LogP contribution in [0.1, 0.15) is 24.0 Å². The SMILES string of the molecule is C/C=C1/C(=O)C(O)=C(c2ccccc2)C1c1ccccc1. The van der Waals surface area contributed by atoms with Crippen molar-refractivity contribution in [1.82, 2.24) is 0 Å². The van der Waals surface area contributed by atoms with Crippen LogP contribution < -0.4 is 0 Å². The second-order valence-electron chi connectivity index (χ2n) is 5.05. The zero-order valence-electron chi connectivity index (χ0n) is 11.8. The molecular formula is C19H16O2. The number of ketones is 1. The average Bonchev–Trinajstić information content (AvgIpc) is 2.80. The van der Waals surface area contributed by atoms with Crippen LogP contribution in [0.5, 0.6) is 0 Å². The van der Waals surface area contributed by atoms with Crippen LogP contribution in [0.2, 0.25) is 0 Å². The summed E-state index contributed by atoms with van der Waals surface area (Å²) >= 11 is 0. The maximum Gasteiger partial charge on any atom is 0.224 e. The van der Waals surface area contributed by atoms with Gasteiger partial charge in [-0.15, -0.1) is 0 Å². The van der Waals surface area contributed by atoms with E-state index in [1.807, 2.05) is 67.6 Å². The second-order valence-corrected chi connectivity index (χ2v) is 5.05. The minimum atomic E-state index is -0.273. The monoisotopic (exact) mass is 276 g/mol. The van der Waals surface area contributed by atoms with Crippen molar-refractivity contribution < 1.29 is 9.90 Å². The van der Waals surface area contributed by atoms with E-state index in [2.05, 4.69) is 0 Å². The van der Waals surface area contributed by atoms with Crippen LogP contribution >= 0.6 is 0 Å². The van der Waals surface area contributed by atoms with Crippen molar-refractivity contribution in [2.45, 2.75) is 12.8 Å². The molecule has 0 saturated heterocycles. The first kappa shape index (κ1) is 13.4. The lowest BCUT2D eigenvalue weighted by Gasteiger charge is -2.16. The molecule has 21 heavy (non-hydrogen) atoms. The summed E-state index contributed by atoms with van der Waals surface area (Å²) in [6.07, 6.45) is 1.80. The predicted molar refractivity (Wildman–Crippen MR) is 83.9 cm³/mol. The summed E-state index contributed by atoms with van der Waals surface area (Å²) in [6.45, 7) is 1.84. The molecule has 2 heteroatoms. The quantitative estimate of drug-likeness (QED) is 0.832. The molecule has 0 radical (unpaired) electrons. The van der Waals surface area contributed by atoms with Gasteiger partial charge in [0.1, 0.15) is 0 Å². The number of carbonyl (C=O) groups excluding carboxylic acids is 1. The molecule has 3 rings (SSSR count). The molecule has 2 nitrogen and oxygen atoms in total. The number of carbonyl (C=O) groups is 1. The second kappa shape index (κ2) is 5.41. The third-order valence-corrected chi connectivity index (χ3v) is 3.86. The Bertz CT molecular complexity index is 725. The molecule has 0 aromatic heterocycles. The fourth-order valence-corrected chi connectivity index (χ4v) is 2.89.